The van der Waals surface area contributed by atoms with Gasteiger partial charge in [0.25, 0.3) is 0 Å². The standard InChI is InChI=1S/C20H31N5O2/c1-3-21-20(23-10-7-13-27-15-14-26-2)24-16-19-22-11-12-25(19)17-18-8-5-4-6-9-18/h4-6,8-9,11-12H,3,7,10,13-17H2,1-2H3,(H2,21,23,24). The lowest BCUT2D eigenvalue weighted by Gasteiger charge is -2.12. The maximum absolute atomic E-state index is 5.47. The molecule has 0 saturated heterocycles. The summed E-state index contributed by atoms with van der Waals surface area (Å²) in [7, 11) is 1.68. The molecule has 2 rings (SSSR count). The summed E-state index contributed by atoms with van der Waals surface area (Å²) in [5.41, 5.74) is 1.25. The van der Waals surface area contributed by atoms with Gasteiger partial charge in [0.15, 0.2) is 5.96 Å². The van der Waals surface area contributed by atoms with Crippen LogP contribution in [0.5, 0.6) is 0 Å². The van der Waals surface area contributed by atoms with Crippen LogP contribution in [0.15, 0.2) is 47.7 Å². The normalized spacial score (nSPS) is 11.6. The topological polar surface area (TPSA) is 72.7 Å². The van der Waals surface area contributed by atoms with Crippen LogP contribution in [0.3, 0.4) is 0 Å². The summed E-state index contributed by atoms with van der Waals surface area (Å²) in [6, 6.07) is 10.4. The Hall–Kier alpha value is -2.38. The first kappa shape index (κ1) is 20.9. The Balaban J connectivity index is 1.81. The number of imidazole rings is 1. The van der Waals surface area contributed by atoms with Crippen molar-refractivity contribution in [3.05, 3.63) is 54.1 Å². The minimum absolute atomic E-state index is 0.527. The molecule has 0 atom stereocenters. The van der Waals surface area contributed by atoms with Crippen molar-refractivity contribution >= 4 is 5.96 Å². The van der Waals surface area contributed by atoms with Gasteiger partial charge in [0, 0.05) is 45.7 Å². The molecule has 2 N–H and O–H groups in total. The van der Waals surface area contributed by atoms with Gasteiger partial charge in [-0.05, 0) is 18.9 Å². The van der Waals surface area contributed by atoms with Gasteiger partial charge in [0.05, 0.1) is 13.2 Å². The summed E-state index contributed by atoms with van der Waals surface area (Å²) >= 11 is 0. The van der Waals surface area contributed by atoms with Crippen LogP contribution in [0.2, 0.25) is 0 Å². The van der Waals surface area contributed by atoms with Crippen molar-refractivity contribution < 1.29 is 9.47 Å². The van der Waals surface area contributed by atoms with E-state index < -0.39 is 0 Å². The van der Waals surface area contributed by atoms with E-state index in [1.807, 2.05) is 18.5 Å². The molecule has 148 valence electrons. The first-order valence-corrected chi connectivity index (χ1v) is 9.46. The van der Waals surface area contributed by atoms with Crippen LogP contribution < -0.4 is 10.6 Å². The van der Waals surface area contributed by atoms with Crippen molar-refractivity contribution in [1.82, 2.24) is 20.2 Å². The van der Waals surface area contributed by atoms with E-state index in [-0.39, 0.29) is 0 Å². The van der Waals surface area contributed by atoms with Gasteiger partial charge >= 0.3 is 0 Å². The number of rotatable bonds is 12. The van der Waals surface area contributed by atoms with Crippen LogP contribution >= 0.6 is 0 Å². The highest BCUT2D eigenvalue weighted by molar-refractivity contribution is 5.79. The molecule has 0 aliphatic carbocycles. The van der Waals surface area contributed by atoms with Crippen LogP contribution in [0.25, 0.3) is 0 Å². The molecule has 0 aliphatic rings. The maximum Gasteiger partial charge on any atom is 0.191 e. The third kappa shape index (κ3) is 8.23. The van der Waals surface area contributed by atoms with Crippen molar-refractivity contribution in [2.75, 3.05) is 40.0 Å². The summed E-state index contributed by atoms with van der Waals surface area (Å²) in [6.45, 7) is 6.97. The average Bonchev–Trinajstić information content (AvgIpc) is 3.13. The molecular weight excluding hydrogens is 342 g/mol. The zero-order valence-corrected chi connectivity index (χ0v) is 16.4. The maximum atomic E-state index is 5.47. The van der Waals surface area contributed by atoms with Crippen LogP contribution in [-0.2, 0) is 22.6 Å². The first-order valence-electron chi connectivity index (χ1n) is 9.46. The van der Waals surface area contributed by atoms with Crippen molar-refractivity contribution in [1.29, 1.82) is 0 Å². The van der Waals surface area contributed by atoms with E-state index in [0.29, 0.717) is 26.4 Å². The summed E-state index contributed by atoms with van der Waals surface area (Å²) < 4.78 is 12.6. The minimum Gasteiger partial charge on any atom is -0.382 e. The number of nitrogens with one attached hydrogen (secondary N) is 2. The van der Waals surface area contributed by atoms with E-state index >= 15 is 0 Å². The zero-order chi connectivity index (χ0) is 19.2. The highest BCUT2D eigenvalue weighted by Crippen LogP contribution is 2.06. The molecule has 27 heavy (non-hydrogen) atoms. The average molecular weight is 374 g/mol. The van der Waals surface area contributed by atoms with Gasteiger partial charge in [-0.15, -0.1) is 0 Å². The molecule has 0 aliphatic heterocycles. The third-order valence-corrected chi connectivity index (χ3v) is 3.91. The monoisotopic (exact) mass is 373 g/mol. The first-order chi connectivity index (χ1) is 13.3. The SMILES string of the molecule is CCNC(=NCc1nccn1Cc1ccccc1)NCCCOCCOC. The number of methoxy groups -OCH3 is 1. The number of guanidine groups is 1. The molecule has 0 bridgehead atoms. The van der Waals surface area contributed by atoms with Gasteiger partial charge in [-0.2, -0.15) is 0 Å². The lowest BCUT2D eigenvalue weighted by Crippen LogP contribution is -2.38. The van der Waals surface area contributed by atoms with Crippen molar-refractivity contribution in [2.24, 2.45) is 4.99 Å². The van der Waals surface area contributed by atoms with Gasteiger partial charge in [0.1, 0.15) is 12.4 Å². The molecule has 0 radical (unpaired) electrons. The Kier molecular flexibility index (Phi) is 9.99. The molecule has 0 amide bonds. The molecule has 1 heterocycles. The molecule has 2 aromatic rings. The zero-order valence-electron chi connectivity index (χ0n) is 16.4. The van der Waals surface area contributed by atoms with Gasteiger partial charge in [-0.25, -0.2) is 9.98 Å². The smallest absolute Gasteiger partial charge is 0.191 e. The Morgan fingerprint density at radius 2 is 2.00 bits per heavy atom. The number of aliphatic imine (C=N–C) groups is 1. The van der Waals surface area contributed by atoms with Gasteiger partial charge in [-0.3, -0.25) is 0 Å². The fraction of sp³-hybridized carbons (Fsp3) is 0.500. The van der Waals surface area contributed by atoms with E-state index in [2.05, 4.69) is 56.4 Å². The fourth-order valence-electron chi connectivity index (χ4n) is 2.53. The second kappa shape index (κ2) is 12.9. The molecule has 7 heteroatoms. The Bertz CT molecular complexity index is 657. The highest BCUT2D eigenvalue weighted by Gasteiger charge is 2.04. The lowest BCUT2D eigenvalue weighted by atomic mass is 10.2. The highest BCUT2D eigenvalue weighted by atomic mass is 16.5. The van der Waals surface area contributed by atoms with E-state index in [1.54, 1.807) is 7.11 Å². The van der Waals surface area contributed by atoms with E-state index in [0.717, 1.165) is 37.8 Å². The molecular formula is C20H31N5O2. The van der Waals surface area contributed by atoms with Gasteiger partial charge in [-0.1, -0.05) is 30.3 Å². The molecule has 0 unspecified atom stereocenters. The largest absolute Gasteiger partial charge is 0.382 e. The summed E-state index contributed by atoms with van der Waals surface area (Å²) in [5, 5.41) is 6.60. The number of nitrogens with zero attached hydrogens (tertiary/aromatic N) is 3. The third-order valence-electron chi connectivity index (χ3n) is 3.91. The molecule has 1 aromatic heterocycles. The minimum atomic E-state index is 0.527. The van der Waals surface area contributed by atoms with Crippen LogP contribution in [0.1, 0.15) is 24.7 Å². The quantitative estimate of drug-likeness (QED) is 0.338. The Morgan fingerprint density at radius 1 is 1.15 bits per heavy atom. The van der Waals surface area contributed by atoms with Gasteiger partial charge in [0.2, 0.25) is 0 Å². The van der Waals surface area contributed by atoms with Crippen molar-refractivity contribution in [3.63, 3.8) is 0 Å². The molecule has 7 nitrogen and oxygen atoms in total. The summed E-state index contributed by atoms with van der Waals surface area (Å²) in [4.78, 5) is 9.11. The molecule has 0 spiro atoms. The van der Waals surface area contributed by atoms with Crippen molar-refractivity contribution in [3.8, 4) is 0 Å². The number of benzene rings is 1. The summed E-state index contributed by atoms with van der Waals surface area (Å²) in [5.74, 6) is 1.74. The predicted octanol–water partition coefficient (Wildman–Crippen LogP) is 2.04. The van der Waals surface area contributed by atoms with Crippen LogP contribution in [-0.4, -0.2) is 55.5 Å². The number of ether oxygens (including phenoxy) is 2. The fourth-order valence-corrected chi connectivity index (χ4v) is 2.53. The van der Waals surface area contributed by atoms with E-state index in [1.165, 1.54) is 5.56 Å². The molecule has 0 fully saturated rings. The molecule has 0 saturated carbocycles. The number of hydrogen-bond acceptors (Lipinski definition) is 4. The lowest BCUT2D eigenvalue weighted by molar-refractivity contribution is 0.0698. The second-order valence-electron chi connectivity index (χ2n) is 6.04. The predicted molar refractivity (Wildman–Crippen MR) is 108 cm³/mol. The van der Waals surface area contributed by atoms with Crippen LogP contribution in [0, 0.1) is 0 Å². The number of aromatic nitrogens is 2. The second-order valence-corrected chi connectivity index (χ2v) is 6.04. The van der Waals surface area contributed by atoms with E-state index in [9.17, 15) is 0 Å². The Morgan fingerprint density at radius 3 is 2.78 bits per heavy atom. The summed E-state index contributed by atoms with van der Waals surface area (Å²) in [6.07, 6.45) is 4.73. The van der Waals surface area contributed by atoms with Crippen LogP contribution in [0.4, 0.5) is 0 Å². The molecule has 1 aromatic carbocycles. The van der Waals surface area contributed by atoms with Gasteiger partial charge < -0.3 is 24.7 Å². The van der Waals surface area contributed by atoms with E-state index in [4.69, 9.17) is 9.47 Å². The van der Waals surface area contributed by atoms with Crippen molar-refractivity contribution in [2.45, 2.75) is 26.4 Å². The number of hydrogen-bond donors (Lipinski definition) is 2. The Labute approximate surface area is 161 Å².